The van der Waals surface area contributed by atoms with Crippen molar-refractivity contribution in [3.8, 4) is 0 Å². The molecule has 0 heterocycles. The van der Waals surface area contributed by atoms with E-state index in [9.17, 15) is 8.76 Å². The first-order chi connectivity index (χ1) is 8.27. The van der Waals surface area contributed by atoms with Gasteiger partial charge in [0.15, 0.2) is 0 Å². The fourth-order valence-electron chi connectivity index (χ4n) is 1.89. The van der Waals surface area contributed by atoms with E-state index in [0.29, 0.717) is 6.61 Å². The van der Waals surface area contributed by atoms with Crippen molar-refractivity contribution in [1.29, 1.82) is 0 Å². The van der Waals surface area contributed by atoms with E-state index in [2.05, 4.69) is 11.1 Å². The largest absolute Gasteiger partial charge is 1.00 e. The van der Waals surface area contributed by atoms with Crippen molar-refractivity contribution >= 4 is 11.4 Å². The minimum Gasteiger partial charge on any atom is -0.750 e. The van der Waals surface area contributed by atoms with E-state index in [4.69, 9.17) is 0 Å². The molecule has 0 saturated carbocycles. The van der Waals surface area contributed by atoms with Crippen LogP contribution in [0.25, 0.3) is 0 Å². The molecular weight excluding hydrogens is 275 g/mol. The third-order valence-electron chi connectivity index (χ3n) is 2.93. The molecule has 0 radical (unpaired) electrons. The van der Waals surface area contributed by atoms with Crippen molar-refractivity contribution < 1.29 is 64.3 Å². The molecule has 0 amide bonds. The minimum atomic E-state index is -2.33. The van der Waals surface area contributed by atoms with Gasteiger partial charge in [-0.05, 0) is 6.42 Å². The Morgan fingerprint density at radius 3 is 1.61 bits per heavy atom. The Morgan fingerprint density at radius 2 is 1.22 bits per heavy atom. The zero-order valence-corrected chi connectivity index (χ0v) is 16.1. The minimum absolute atomic E-state index is 0. The van der Waals surface area contributed by atoms with Crippen molar-refractivity contribution in [3.63, 3.8) is 0 Å². The van der Waals surface area contributed by atoms with Gasteiger partial charge in [0.05, 0.1) is 18.0 Å². The molecule has 0 aromatic heterocycles. The fraction of sp³-hybridized carbons (Fsp3) is 1.00. The Bertz CT molecular complexity index is 180. The standard InChI is InChI=1S/C13H28O3S.K/c1-2-3-4-5-6-7-8-9-10-11-12-13-16-17(14)15;/h2-13H2,1H3,(H,14,15);/q;+1/p-1. The van der Waals surface area contributed by atoms with Crippen LogP contribution in [-0.2, 0) is 15.5 Å². The second-order valence-electron chi connectivity index (χ2n) is 4.56. The van der Waals surface area contributed by atoms with Gasteiger partial charge < -0.3 is 8.74 Å². The zero-order valence-electron chi connectivity index (χ0n) is 12.1. The van der Waals surface area contributed by atoms with Gasteiger partial charge in [-0.15, -0.1) is 0 Å². The first-order valence-electron chi connectivity index (χ1n) is 7.00. The molecule has 0 aliphatic carbocycles. The SMILES string of the molecule is CCCCCCCCCCCCCOS(=O)[O-].[K+]. The molecule has 1 atom stereocenters. The Hall–Kier alpha value is 1.71. The smallest absolute Gasteiger partial charge is 0.750 e. The van der Waals surface area contributed by atoms with Crippen molar-refractivity contribution in [2.75, 3.05) is 6.61 Å². The average molecular weight is 303 g/mol. The molecular formula is C13H27KO3S. The molecule has 1 unspecified atom stereocenters. The van der Waals surface area contributed by atoms with E-state index in [1.165, 1.54) is 57.8 Å². The van der Waals surface area contributed by atoms with Gasteiger partial charge in [0.2, 0.25) is 0 Å². The van der Waals surface area contributed by atoms with Gasteiger partial charge in [0.1, 0.15) is 0 Å². The van der Waals surface area contributed by atoms with Gasteiger partial charge in [-0.3, -0.25) is 0 Å². The Balaban J connectivity index is 0. The van der Waals surface area contributed by atoms with Gasteiger partial charge >= 0.3 is 51.4 Å². The van der Waals surface area contributed by atoms with E-state index in [1.54, 1.807) is 0 Å². The van der Waals surface area contributed by atoms with Gasteiger partial charge in [0.25, 0.3) is 0 Å². The van der Waals surface area contributed by atoms with Crippen molar-refractivity contribution in [2.45, 2.75) is 77.6 Å². The normalized spacial score (nSPS) is 12.1. The topological polar surface area (TPSA) is 49.4 Å². The molecule has 0 aliphatic heterocycles. The Kier molecular flexibility index (Phi) is 22.9. The van der Waals surface area contributed by atoms with E-state index in [-0.39, 0.29) is 51.4 Å². The quantitative estimate of drug-likeness (QED) is 0.291. The van der Waals surface area contributed by atoms with E-state index in [1.807, 2.05) is 0 Å². The summed E-state index contributed by atoms with van der Waals surface area (Å²) in [7, 11) is 0. The van der Waals surface area contributed by atoms with Gasteiger partial charge in [-0.2, -0.15) is 0 Å². The third kappa shape index (κ3) is 20.0. The van der Waals surface area contributed by atoms with Crippen LogP contribution in [-0.4, -0.2) is 15.4 Å². The van der Waals surface area contributed by atoms with Crippen molar-refractivity contribution in [3.05, 3.63) is 0 Å². The maximum Gasteiger partial charge on any atom is 1.00 e. The van der Waals surface area contributed by atoms with Crippen molar-refractivity contribution in [1.82, 2.24) is 0 Å². The molecule has 0 fully saturated rings. The van der Waals surface area contributed by atoms with Crippen LogP contribution in [0.5, 0.6) is 0 Å². The number of hydrogen-bond donors (Lipinski definition) is 0. The van der Waals surface area contributed by atoms with E-state index < -0.39 is 11.4 Å². The zero-order chi connectivity index (χ0) is 12.8. The van der Waals surface area contributed by atoms with Crippen LogP contribution in [0.15, 0.2) is 0 Å². The summed E-state index contributed by atoms with van der Waals surface area (Å²) in [6, 6.07) is 0. The molecule has 0 aliphatic rings. The van der Waals surface area contributed by atoms with Crippen LogP contribution in [0, 0.1) is 0 Å². The molecule has 0 saturated heterocycles. The van der Waals surface area contributed by atoms with Crippen LogP contribution in [0.3, 0.4) is 0 Å². The van der Waals surface area contributed by atoms with Crippen LogP contribution in [0.1, 0.15) is 77.6 Å². The van der Waals surface area contributed by atoms with Gasteiger partial charge in [-0.25, -0.2) is 4.21 Å². The van der Waals surface area contributed by atoms with Crippen LogP contribution in [0.4, 0.5) is 0 Å². The van der Waals surface area contributed by atoms with Crippen LogP contribution >= 0.6 is 0 Å². The number of hydrogen-bond acceptors (Lipinski definition) is 3. The van der Waals surface area contributed by atoms with Gasteiger partial charge in [-0.1, -0.05) is 71.1 Å². The molecule has 0 aromatic carbocycles. The summed E-state index contributed by atoms with van der Waals surface area (Å²) in [5, 5.41) is 0. The summed E-state index contributed by atoms with van der Waals surface area (Å²) in [5.74, 6) is 0. The molecule has 0 N–H and O–H groups in total. The summed E-state index contributed by atoms with van der Waals surface area (Å²) >= 11 is -2.33. The van der Waals surface area contributed by atoms with E-state index >= 15 is 0 Å². The number of unbranched alkanes of at least 4 members (excludes halogenated alkanes) is 10. The monoisotopic (exact) mass is 302 g/mol. The molecule has 0 aromatic rings. The third-order valence-corrected chi connectivity index (χ3v) is 3.29. The molecule has 18 heavy (non-hydrogen) atoms. The predicted octanol–water partition coefficient (Wildman–Crippen LogP) is 1.11. The van der Waals surface area contributed by atoms with Gasteiger partial charge in [0, 0.05) is 0 Å². The summed E-state index contributed by atoms with van der Waals surface area (Å²) in [5.41, 5.74) is 0. The first kappa shape index (κ1) is 22.0. The average Bonchev–Trinajstić information content (AvgIpc) is 2.30. The number of rotatable bonds is 13. The van der Waals surface area contributed by atoms with Crippen LogP contribution in [0.2, 0.25) is 0 Å². The summed E-state index contributed by atoms with van der Waals surface area (Å²) < 4.78 is 24.6. The molecule has 0 rings (SSSR count). The van der Waals surface area contributed by atoms with E-state index in [0.717, 1.165) is 12.8 Å². The molecule has 5 heteroatoms. The molecule has 104 valence electrons. The second kappa shape index (κ2) is 18.7. The van der Waals surface area contributed by atoms with Crippen molar-refractivity contribution in [2.24, 2.45) is 0 Å². The Labute approximate surface area is 158 Å². The summed E-state index contributed by atoms with van der Waals surface area (Å²) in [6.45, 7) is 2.58. The maximum atomic E-state index is 10.1. The first-order valence-corrected chi connectivity index (χ1v) is 8.00. The molecule has 0 bridgehead atoms. The predicted molar refractivity (Wildman–Crippen MR) is 71.3 cm³/mol. The Morgan fingerprint density at radius 1 is 0.833 bits per heavy atom. The van der Waals surface area contributed by atoms with Crippen LogP contribution < -0.4 is 51.4 Å². The fourth-order valence-corrected chi connectivity index (χ4v) is 2.15. The summed E-state index contributed by atoms with van der Waals surface area (Å²) in [4.78, 5) is 0. The molecule has 0 spiro atoms. The maximum absolute atomic E-state index is 10.1. The second-order valence-corrected chi connectivity index (χ2v) is 5.21. The molecule has 3 nitrogen and oxygen atoms in total. The summed E-state index contributed by atoms with van der Waals surface area (Å²) in [6.07, 6.45) is 13.9.